The molecule has 0 aliphatic carbocycles. The van der Waals surface area contributed by atoms with Crippen molar-refractivity contribution in [2.24, 2.45) is 11.3 Å². The monoisotopic (exact) mass is 368 g/mol. The van der Waals surface area contributed by atoms with E-state index in [1.54, 1.807) is 0 Å². The van der Waals surface area contributed by atoms with Gasteiger partial charge in [-0.2, -0.15) is 0 Å². The first kappa shape index (κ1) is 17.5. The highest BCUT2D eigenvalue weighted by atomic mass is 127. The van der Waals surface area contributed by atoms with E-state index in [9.17, 15) is 0 Å². The minimum atomic E-state index is -0.950. The highest BCUT2D eigenvalue weighted by molar-refractivity contribution is 14.1. The third-order valence-electron chi connectivity index (χ3n) is 2.91. The van der Waals surface area contributed by atoms with Crippen LogP contribution in [0.15, 0.2) is 9.84 Å². The van der Waals surface area contributed by atoms with Gasteiger partial charge < -0.3 is 4.43 Å². The van der Waals surface area contributed by atoms with Crippen LogP contribution in [0.2, 0.25) is 13.1 Å². The maximum absolute atomic E-state index is 5.87. The Morgan fingerprint density at radius 1 is 1.29 bits per heavy atom. The molecule has 3 heteroatoms. The van der Waals surface area contributed by atoms with E-state index in [1.807, 2.05) is 0 Å². The van der Waals surface area contributed by atoms with Crippen molar-refractivity contribution in [3.63, 3.8) is 0 Å². The Labute approximate surface area is 123 Å². The van der Waals surface area contributed by atoms with Crippen molar-refractivity contribution in [2.75, 3.05) is 0 Å². The fraction of sp³-hybridized carbons (Fsp3) is 0.857. The number of rotatable bonds is 7. The third-order valence-corrected chi connectivity index (χ3v) is 4.73. The molecule has 0 aromatic rings. The van der Waals surface area contributed by atoms with Crippen molar-refractivity contribution in [1.82, 2.24) is 0 Å². The lowest BCUT2D eigenvalue weighted by atomic mass is 9.78. The first-order valence-electron chi connectivity index (χ1n) is 6.81. The first-order valence-corrected chi connectivity index (χ1v) is 10.7. The number of unbranched alkanes of at least 4 members (excludes halogenated alkanes) is 2. The van der Waals surface area contributed by atoms with Gasteiger partial charge >= 0.3 is 0 Å². The maximum atomic E-state index is 5.87. The highest BCUT2D eigenvalue weighted by Gasteiger charge is 2.22. The van der Waals surface area contributed by atoms with Gasteiger partial charge in [0, 0.05) is 0 Å². The number of hydrogen-bond donors (Lipinski definition) is 0. The molecule has 1 atom stereocenters. The van der Waals surface area contributed by atoms with Crippen LogP contribution in [0.3, 0.4) is 0 Å². The van der Waals surface area contributed by atoms with Crippen molar-refractivity contribution < 1.29 is 4.43 Å². The van der Waals surface area contributed by atoms with E-state index in [-0.39, 0.29) is 0 Å². The second kappa shape index (κ2) is 8.56. The zero-order valence-electron chi connectivity index (χ0n) is 12.3. The Hall–Kier alpha value is 0.487. The van der Waals surface area contributed by atoms with Gasteiger partial charge in [0.05, 0.1) is 0 Å². The zero-order chi connectivity index (χ0) is 13.5. The lowest BCUT2D eigenvalue weighted by Gasteiger charge is -2.29. The summed E-state index contributed by atoms with van der Waals surface area (Å²) in [6.45, 7) is 13.7. The van der Waals surface area contributed by atoms with Gasteiger partial charge in [-0.05, 0) is 59.5 Å². The first-order chi connectivity index (χ1) is 7.77. The summed E-state index contributed by atoms with van der Waals surface area (Å²) in [5.74, 6) is 0.633. The molecule has 0 unspecified atom stereocenters. The molecule has 0 amide bonds. The Bertz CT molecular complexity index is 231. The molecule has 0 fully saturated rings. The molecule has 0 saturated heterocycles. The molecule has 0 aromatic carbocycles. The van der Waals surface area contributed by atoms with Crippen LogP contribution in [0.5, 0.6) is 0 Å². The Morgan fingerprint density at radius 2 is 1.88 bits per heavy atom. The van der Waals surface area contributed by atoms with Gasteiger partial charge in [-0.1, -0.05) is 47.0 Å². The van der Waals surface area contributed by atoms with E-state index in [0.717, 1.165) is 3.77 Å². The Balaban J connectivity index is 4.48. The Kier molecular flexibility index (Phi) is 8.81. The Morgan fingerprint density at radius 3 is 2.29 bits per heavy atom. The van der Waals surface area contributed by atoms with E-state index in [1.165, 1.54) is 25.7 Å². The van der Waals surface area contributed by atoms with E-state index in [4.69, 9.17) is 4.43 Å². The summed E-state index contributed by atoms with van der Waals surface area (Å²) in [7, 11) is -0.950. The lowest BCUT2D eigenvalue weighted by Crippen LogP contribution is -2.19. The van der Waals surface area contributed by atoms with Crippen LogP contribution in [-0.2, 0) is 4.43 Å². The second-order valence-corrected chi connectivity index (χ2v) is 9.50. The van der Waals surface area contributed by atoms with E-state index < -0.39 is 9.04 Å². The summed E-state index contributed by atoms with van der Waals surface area (Å²) >= 11 is 2.35. The van der Waals surface area contributed by atoms with E-state index in [0.29, 0.717) is 11.3 Å². The van der Waals surface area contributed by atoms with Crippen LogP contribution in [0.4, 0.5) is 0 Å². The molecule has 0 spiro atoms. The van der Waals surface area contributed by atoms with Crippen LogP contribution in [0, 0.1) is 11.3 Å². The van der Waals surface area contributed by atoms with Crippen LogP contribution < -0.4 is 0 Å². The van der Waals surface area contributed by atoms with Gasteiger partial charge in [-0.25, -0.2) is 0 Å². The van der Waals surface area contributed by atoms with Crippen molar-refractivity contribution in [3.05, 3.63) is 9.84 Å². The van der Waals surface area contributed by atoms with E-state index >= 15 is 0 Å². The van der Waals surface area contributed by atoms with Gasteiger partial charge in [0.1, 0.15) is 3.77 Å². The molecule has 0 saturated carbocycles. The smallest absolute Gasteiger partial charge is 0.230 e. The summed E-state index contributed by atoms with van der Waals surface area (Å²) < 4.78 is 6.98. The molecule has 17 heavy (non-hydrogen) atoms. The lowest BCUT2D eigenvalue weighted by molar-refractivity contribution is 0.267. The zero-order valence-corrected chi connectivity index (χ0v) is 15.7. The van der Waals surface area contributed by atoms with Crippen LogP contribution in [0.25, 0.3) is 0 Å². The standard InChI is InChI=1S/C14H29IOSi/c1-7-8-9-10-12(14(2,3)4)11-13(15)16-17(5)6/h11-12,17H,7-10H2,1-6H3/b13-11-/t12-/m0/s1. The summed E-state index contributed by atoms with van der Waals surface area (Å²) in [4.78, 5) is 0. The fourth-order valence-corrected chi connectivity index (χ4v) is 4.29. The van der Waals surface area contributed by atoms with Gasteiger partial charge in [0.15, 0.2) is 0 Å². The van der Waals surface area contributed by atoms with Gasteiger partial charge in [-0.3, -0.25) is 0 Å². The predicted molar refractivity (Wildman–Crippen MR) is 89.2 cm³/mol. The average molecular weight is 368 g/mol. The van der Waals surface area contributed by atoms with Gasteiger partial charge in [-0.15, -0.1) is 0 Å². The van der Waals surface area contributed by atoms with Crippen molar-refractivity contribution in [3.8, 4) is 0 Å². The topological polar surface area (TPSA) is 9.23 Å². The van der Waals surface area contributed by atoms with Crippen LogP contribution in [0.1, 0.15) is 53.4 Å². The predicted octanol–water partition coefficient (Wildman–Crippen LogP) is 5.51. The molecule has 0 heterocycles. The summed E-state index contributed by atoms with van der Waals surface area (Å²) in [5, 5.41) is 0. The van der Waals surface area contributed by atoms with E-state index in [2.05, 4.69) is 69.5 Å². The van der Waals surface area contributed by atoms with Crippen LogP contribution >= 0.6 is 22.6 Å². The number of allylic oxidation sites excluding steroid dienone is 1. The summed E-state index contributed by atoms with van der Waals surface area (Å²) in [5.41, 5.74) is 0.339. The molecular weight excluding hydrogens is 339 g/mol. The second-order valence-electron chi connectivity index (χ2n) is 6.11. The number of halogens is 1. The molecule has 0 rings (SSSR count). The van der Waals surface area contributed by atoms with Gasteiger partial charge in [0.25, 0.3) is 0 Å². The SMILES string of the molecule is CCCCC[C@@H](/C=C(/I)O[SiH](C)C)C(C)(C)C. The van der Waals surface area contributed by atoms with Crippen molar-refractivity contribution in [2.45, 2.75) is 66.5 Å². The molecular formula is C14H29IOSi. The normalized spacial score (nSPS) is 15.2. The largest absolute Gasteiger partial charge is 0.543 e. The summed E-state index contributed by atoms with van der Waals surface area (Å²) in [6, 6.07) is 0. The molecule has 0 bridgehead atoms. The molecule has 0 aliphatic rings. The quantitative estimate of drug-likeness (QED) is 0.249. The molecule has 0 radical (unpaired) electrons. The minimum Gasteiger partial charge on any atom is -0.543 e. The highest BCUT2D eigenvalue weighted by Crippen LogP contribution is 2.33. The average Bonchev–Trinajstić information content (AvgIpc) is 2.13. The van der Waals surface area contributed by atoms with Crippen molar-refractivity contribution >= 4 is 31.6 Å². The maximum Gasteiger partial charge on any atom is 0.230 e. The summed E-state index contributed by atoms with van der Waals surface area (Å²) in [6.07, 6.45) is 7.61. The van der Waals surface area contributed by atoms with Crippen LogP contribution in [-0.4, -0.2) is 9.04 Å². The fourth-order valence-electron chi connectivity index (χ4n) is 1.80. The van der Waals surface area contributed by atoms with Crippen molar-refractivity contribution in [1.29, 1.82) is 0 Å². The molecule has 1 nitrogen and oxygen atoms in total. The molecule has 102 valence electrons. The molecule has 0 N–H and O–H groups in total. The molecule has 0 aromatic heterocycles. The third kappa shape index (κ3) is 9.11. The minimum absolute atomic E-state index is 0.339. The number of hydrogen-bond acceptors (Lipinski definition) is 1. The van der Waals surface area contributed by atoms with Gasteiger partial charge in [0.2, 0.25) is 9.04 Å². The molecule has 0 aliphatic heterocycles.